The van der Waals surface area contributed by atoms with Gasteiger partial charge in [0.2, 0.25) is 0 Å². The monoisotopic (exact) mass is 426 g/mol. The molecule has 156 valence electrons. The maximum Gasteiger partial charge on any atom is 0.336 e. The maximum absolute atomic E-state index is 12.1. The molecule has 3 N–H and O–H groups in total. The lowest BCUT2D eigenvalue weighted by molar-refractivity contribution is 0.0696. The van der Waals surface area contributed by atoms with Gasteiger partial charge < -0.3 is 19.7 Å². The first-order chi connectivity index (χ1) is 15.3. The Hall–Kier alpha value is -4.65. The number of hydrogen-bond donors (Lipinski definition) is 3. The zero-order valence-electron chi connectivity index (χ0n) is 16.3. The molecular weight excluding hydrogens is 412 g/mol. The number of phenols is 1. The summed E-state index contributed by atoms with van der Waals surface area (Å²) >= 11 is 0. The number of aromatic carboxylic acids is 2. The first kappa shape index (κ1) is 19.3. The summed E-state index contributed by atoms with van der Waals surface area (Å²) in [5.41, 5.74) is 1.12. The first-order valence-electron chi connectivity index (χ1n) is 9.57. The number of fused-ring (bicyclic) bond motifs is 4. The number of carboxylic acids is 2. The molecule has 0 unspecified atom stereocenters. The third kappa shape index (κ3) is 2.95. The molecule has 3 aromatic carbocycles. The second kappa shape index (κ2) is 6.95. The molecule has 0 fully saturated rings. The highest BCUT2D eigenvalue weighted by molar-refractivity contribution is 6.14. The summed E-state index contributed by atoms with van der Waals surface area (Å²) < 4.78 is 6.08. The van der Waals surface area contributed by atoms with Crippen LogP contribution in [0.1, 0.15) is 20.7 Å². The quantitative estimate of drug-likeness (QED) is 0.279. The Morgan fingerprint density at radius 3 is 2.25 bits per heavy atom. The molecule has 3 aromatic rings. The normalized spacial score (nSPS) is 11.2. The zero-order chi connectivity index (χ0) is 22.6. The van der Waals surface area contributed by atoms with Crippen LogP contribution in [-0.4, -0.2) is 27.3 Å². The summed E-state index contributed by atoms with van der Waals surface area (Å²) in [6, 6.07) is 16.4. The summed E-state index contributed by atoms with van der Waals surface area (Å²) in [5, 5.41) is 30.9. The molecule has 0 aromatic heterocycles. The number of phenolic OH excluding ortho intramolecular Hbond substituents is 1. The second-order valence-electron chi connectivity index (χ2n) is 7.35. The van der Waals surface area contributed by atoms with E-state index < -0.39 is 11.9 Å². The zero-order valence-corrected chi connectivity index (χ0v) is 16.3. The van der Waals surface area contributed by atoms with Gasteiger partial charge >= 0.3 is 11.9 Å². The highest BCUT2D eigenvalue weighted by Gasteiger charge is 2.23. The average molecular weight is 426 g/mol. The van der Waals surface area contributed by atoms with Gasteiger partial charge in [0.25, 0.3) is 0 Å². The molecule has 0 atom stereocenters. The molecule has 7 nitrogen and oxygen atoms in total. The van der Waals surface area contributed by atoms with E-state index in [2.05, 4.69) is 0 Å². The van der Waals surface area contributed by atoms with Gasteiger partial charge in [-0.05, 0) is 59.5 Å². The van der Waals surface area contributed by atoms with Crippen molar-refractivity contribution in [3.05, 3.63) is 88.1 Å². The minimum atomic E-state index is -1.28. The number of rotatable bonds is 3. The van der Waals surface area contributed by atoms with Gasteiger partial charge in [0.05, 0.1) is 11.1 Å². The van der Waals surface area contributed by atoms with E-state index in [-0.39, 0.29) is 28.1 Å². The molecule has 0 amide bonds. The van der Waals surface area contributed by atoms with Crippen molar-refractivity contribution in [3.8, 4) is 28.2 Å². The average Bonchev–Trinajstić information content (AvgIpc) is 2.76. The van der Waals surface area contributed by atoms with Crippen molar-refractivity contribution >= 4 is 33.7 Å². The van der Waals surface area contributed by atoms with Crippen molar-refractivity contribution in [2.24, 2.45) is 0 Å². The van der Waals surface area contributed by atoms with E-state index in [1.54, 1.807) is 30.3 Å². The second-order valence-corrected chi connectivity index (χ2v) is 7.35. The fourth-order valence-electron chi connectivity index (χ4n) is 4.01. The van der Waals surface area contributed by atoms with E-state index >= 15 is 0 Å². The van der Waals surface area contributed by atoms with Crippen LogP contribution >= 0.6 is 0 Å². The van der Waals surface area contributed by atoms with Gasteiger partial charge in [-0.15, -0.1) is 0 Å². The molecule has 7 heteroatoms. The van der Waals surface area contributed by atoms with Gasteiger partial charge in [0.15, 0.2) is 5.43 Å². The number of carbonyl (C=O) groups is 2. The van der Waals surface area contributed by atoms with Crippen LogP contribution < -0.4 is 5.43 Å². The lowest BCUT2D eigenvalue weighted by atomic mass is 9.89. The SMILES string of the molecule is O=C(O)c1ccc(-c2c3ccc(=O)cc-3oc3c2ccc2cc(O)ccc23)c(C(=O)O)c1. The molecule has 32 heavy (non-hydrogen) atoms. The maximum atomic E-state index is 12.1. The molecule has 0 saturated heterocycles. The molecule has 0 saturated carbocycles. The fraction of sp³-hybridized carbons (Fsp3) is 0. The standard InChI is InChI=1S/C25H14O7/c26-14-3-7-16-12(9-14)1-6-19-22(18-8-4-15(27)11-21(18)32-23(16)19)17-5-2-13(24(28)29)10-20(17)25(30)31/h1-11,26H,(H,28,29)(H,30,31). The molecule has 5 rings (SSSR count). The van der Waals surface area contributed by atoms with Crippen molar-refractivity contribution in [3.63, 3.8) is 0 Å². The Bertz CT molecular complexity index is 1610. The van der Waals surface area contributed by atoms with E-state index in [1.807, 2.05) is 0 Å². The Morgan fingerprint density at radius 2 is 1.50 bits per heavy atom. The van der Waals surface area contributed by atoms with Crippen LogP contribution in [0, 0.1) is 0 Å². The van der Waals surface area contributed by atoms with Gasteiger partial charge in [-0.25, -0.2) is 9.59 Å². The van der Waals surface area contributed by atoms with Gasteiger partial charge in [0.1, 0.15) is 17.1 Å². The summed E-state index contributed by atoms with van der Waals surface area (Å²) in [6.07, 6.45) is 0. The molecule has 1 aliphatic heterocycles. The van der Waals surface area contributed by atoms with E-state index in [1.165, 1.54) is 30.3 Å². The number of hydrogen-bond acceptors (Lipinski definition) is 5. The smallest absolute Gasteiger partial charge is 0.336 e. The van der Waals surface area contributed by atoms with Crippen LogP contribution in [0.15, 0.2) is 75.9 Å². The van der Waals surface area contributed by atoms with Gasteiger partial charge in [0, 0.05) is 28.0 Å². The third-order valence-corrected chi connectivity index (χ3v) is 5.42. The molecular formula is C25H14O7. The summed E-state index contributed by atoms with van der Waals surface area (Å²) in [4.78, 5) is 35.5. The molecule has 0 spiro atoms. The summed E-state index contributed by atoms with van der Waals surface area (Å²) in [5.74, 6) is -2.17. The molecule has 1 heterocycles. The lowest BCUT2D eigenvalue weighted by Crippen LogP contribution is -2.06. The Kier molecular flexibility index (Phi) is 4.20. The number of benzene rings is 4. The first-order valence-corrected chi connectivity index (χ1v) is 9.57. The lowest BCUT2D eigenvalue weighted by Gasteiger charge is -2.18. The fourth-order valence-corrected chi connectivity index (χ4v) is 4.01. The third-order valence-electron chi connectivity index (χ3n) is 5.42. The van der Waals surface area contributed by atoms with Gasteiger partial charge in [-0.3, -0.25) is 4.79 Å². The highest BCUT2D eigenvalue weighted by atomic mass is 16.4. The Morgan fingerprint density at radius 1 is 0.750 bits per heavy atom. The largest absolute Gasteiger partial charge is 0.508 e. The van der Waals surface area contributed by atoms with Crippen molar-refractivity contribution in [2.75, 3.05) is 0 Å². The number of aromatic hydroxyl groups is 1. The van der Waals surface area contributed by atoms with Crippen LogP contribution in [0.2, 0.25) is 0 Å². The van der Waals surface area contributed by atoms with E-state index in [4.69, 9.17) is 4.42 Å². The van der Waals surface area contributed by atoms with E-state index in [0.717, 1.165) is 6.07 Å². The minimum Gasteiger partial charge on any atom is -0.508 e. The molecule has 0 radical (unpaired) electrons. The predicted octanol–water partition coefficient (Wildman–Crippen LogP) is 4.82. The van der Waals surface area contributed by atoms with Crippen LogP contribution in [0.5, 0.6) is 5.75 Å². The molecule has 0 bridgehead atoms. The minimum absolute atomic E-state index is 0.0807. The Labute approximate surface area is 179 Å². The van der Waals surface area contributed by atoms with Crippen molar-refractivity contribution in [1.82, 2.24) is 0 Å². The predicted molar refractivity (Wildman–Crippen MR) is 118 cm³/mol. The van der Waals surface area contributed by atoms with Crippen LogP contribution in [0.3, 0.4) is 0 Å². The van der Waals surface area contributed by atoms with Crippen LogP contribution in [-0.2, 0) is 0 Å². The highest BCUT2D eigenvalue weighted by Crippen LogP contribution is 2.43. The van der Waals surface area contributed by atoms with E-state index in [0.29, 0.717) is 38.4 Å². The molecule has 1 aliphatic carbocycles. The van der Waals surface area contributed by atoms with E-state index in [9.17, 15) is 29.7 Å². The van der Waals surface area contributed by atoms with Crippen LogP contribution in [0.25, 0.3) is 44.2 Å². The van der Waals surface area contributed by atoms with Crippen molar-refractivity contribution in [2.45, 2.75) is 0 Å². The van der Waals surface area contributed by atoms with Crippen molar-refractivity contribution < 1.29 is 29.3 Å². The van der Waals surface area contributed by atoms with Crippen LogP contribution in [0.4, 0.5) is 0 Å². The summed E-state index contributed by atoms with van der Waals surface area (Å²) in [6.45, 7) is 0. The van der Waals surface area contributed by atoms with Crippen molar-refractivity contribution in [1.29, 1.82) is 0 Å². The number of carboxylic acid groups (broad SMARTS) is 2. The molecule has 2 aliphatic rings. The van der Waals surface area contributed by atoms with Gasteiger partial charge in [-0.1, -0.05) is 12.1 Å². The topological polar surface area (TPSA) is 125 Å². The van der Waals surface area contributed by atoms with Gasteiger partial charge in [-0.2, -0.15) is 0 Å². The summed E-state index contributed by atoms with van der Waals surface area (Å²) in [7, 11) is 0. The Balaban J connectivity index is 1.99.